The van der Waals surface area contributed by atoms with Crippen LogP contribution in [-0.2, 0) is 16.1 Å². The maximum absolute atomic E-state index is 13.6. The van der Waals surface area contributed by atoms with Gasteiger partial charge in [0.25, 0.3) is 0 Å². The van der Waals surface area contributed by atoms with E-state index in [2.05, 4.69) is 31.3 Å². The van der Waals surface area contributed by atoms with Gasteiger partial charge in [0.1, 0.15) is 25.1 Å². The van der Waals surface area contributed by atoms with E-state index in [1.807, 2.05) is 50.2 Å². The maximum atomic E-state index is 13.6. The topological polar surface area (TPSA) is 87.5 Å². The number of hydrogen-bond acceptors (Lipinski definition) is 7. The molecule has 8 nitrogen and oxygen atoms in total. The third kappa shape index (κ3) is 5.54. The van der Waals surface area contributed by atoms with Crippen molar-refractivity contribution >= 4 is 39.4 Å². The number of aromatic nitrogens is 3. The Bertz CT molecular complexity index is 1350. The first-order valence-electron chi connectivity index (χ1n) is 12.9. The van der Waals surface area contributed by atoms with Crippen LogP contribution >= 0.6 is 27.5 Å². The Hall–Kier alpha value is -3.04. The summed E-state index contributed by atoms with van der Waals surface area (Å²) in [4.78, 5) is 17.9. The molecule has 5 rings (SSSR count). The molecule has 0 amide bonds. The zero-order valence-electron chi connectivity index (χ0n) is 21.4. The fourth-order valence-corrected chi connectivity index (χ4v) is 5.74. The van der Waals surface area contributed by atoms with Crippen molar-refractivity contribution in [3.63, 3.8) is 0 Å². The van der Waals surface area contributed by atoms with E-state index < -0.39 is 6.04 Å². The molecule has 200 valence electrons. The van der Waals surface area contributed by atoms with Crippen molar-refractivity contribution in [2.45, 2.75) is 64.7 Å². The van der Waals surface area contributed by atoms with Gasteiger partial charge in [0.05, 0.1) is 16.7 Å². The van der Waals surface area contributed by atoms with Crippen LogP contribution in [0.2, 0.25) is 5.02 Å². The average molecular weight is 602 g/mol. The molecule has 1 N–H and O–H groups in total. The summed E-state index contributed by atoms with van der Waals surface area (Å²) in [5, 5.41) is 8.28. The molecular formula is C28H30BrClN4O4. The minimum atomic E-state index is -0.557. The highest BCUT2D eigenvalue weighted by Crippen LogP contribution is 2.43. The first kappa shape index (κ1) is 26.6. The first-order valence-corrected chi connectivity index (χ1v) is 14.0. The molecule has 1 saturated carbocycles. The van der Waals surface area contributed by atoms with E-state index in [-0.39, 0.29) is 18.7 Å². The molecule has 38 heavy (non-hydrogen) atoms. The second-order valence-electron chi connectivity index (χ2n) is 9.40. The lowest BCUT2D eigenvalue weighted by Crippen LogP contribution is -2.32. The molecule has 10 heteroatoms. The number of carbonyl (C=O) groups excluding carboxylic acids is 1. The average Bonchev–Trinajstić information content (AvgIpc) is 3.37. The van der Waals surface area contributed by atoms with Gasteiger partial charge in [-0.05, 0) is 79.2 Å². The highest BCUT2D eigenvalue weighted by atomic mass is 79.9. The Balaban J connectivity index is 1.50. The summed E-state index contributed by atoms with van der Waals surface area (Å²) in [6.45, 7) is 4.48. The Morgan fingerprint density at radius 1 is 1.18 bits per heavy atom. The fourth-order valence-electron chi connectivity index (χ4n) is 4.98. The zero-order valence-corrected chi connectivity index (χ0v) is 23.7. The van der Waals surface area contributed by atoms with E-state index in [0.717, 1.165) is 36.8 Å². The Labute approximate surface area is 235 Å². The molecule has 0 spiro atoms. The van der Waals surface area contributed by atoms with Crippen molar-refractivity contribution in [3.8, 4) is 11.5 Å². The van der Waals surface area contributed by atoms with Crippen molar-refractivity contribution < 1.29 is 19.0 Å². The fraction of sp³-hybridized carbons (Fsp3) is 0.393. The minimum Gasteiger partial charge on any atom is -0.490 e. The van der Waals surface area contributed by atoms with E-state index >= 15 is 0 Å². The summed E-state index contributed by atoms with van der Waals surface area (Å²) >= 11 is 10.0. The van der Waals surface area contributed by atoms with Crippen molar-refractivity contribution in [1.29, 1.82) is 0 Å². The van der Waals surface area contributed by atoms with Crippen LogP contribution in [0.5, 0.6) is 11.5 Å². The molecule has 1 atom stereocenters. The summed E-state index contributed by atoms with van der Waals surface area (Å²) in [7, 11) is 0. The molecule has 1 fully saturated rings. The summed E-state index contributed by atoms with van der Waals surface area (Å²) in [6.07, 6.45) is 6.51. The van der Waals surface area contributed by atoms with E-state index in [1.54, 1.807) is 4.68 Å². The molecular weight excluding hydrogens is 572 g/mol. The monoisotopic (exact) mass is 600 g/mol. The largest absolute Gasteiger partial charge is 0.490 e. The van der Waals surface area contributed by atoms with Gasteiger partial charge in [-0.3, -0.25) is 0 Å². The normalized spacial score (nSPS) is 17.5. The standard InChI is InChI=1S/C28H30BrClN4O4/c1-3-36-23-14-19(13-21(29)26(23)37-15-18-9-7-8-12-22(18)30)25-24(17(2)33-28-31-16-32-34(25)28)27(35)38-20-10-5-4-6-11-20/h7-9,12-14,16,20,25H,3-6,10-11,15H2,1-2H3,(H,31,32,33). The van der Waals surface area contributed by atoms with Crippen molar-refractivity contribution in [3.05, 3.63) is 74.6 Å². The number of halogens is 2. The van der Waals surface area contributed by atoms with Crippen LogP contribution in [0.25, 0.3) is 0 Å². The molecule has 0 radical (unpaired) electrons. The predicted molar refractivity (Wildman–Crippen MR) is 149 cm³/mol. The van der Waals surface area contributed by atoms with Gasteiger partial charge in [-0.1, -0.05) is 36.2 Å². The van der Waals surface area contributed by atoms with Crippen LogP contribution in [0.1, 0.15) is 63.1 Å². The molecule has 1 unspecified atom stereocenters. The molecule has 2 aromatic carbocycles. The number of esters is 1. The summed E-state index contributed by atoms with van der Waals surface area (Å²) in [5.74, 6) is 1.30. The smallest absolute Gasteiger partial charge is 0.338 e. The highest BCUT2D eigenvalue weighted by molar-refractivity contribution is 9.10. The second-order valence-corrected chi connectivity index (χ2v) is 10.7. The molecule has 1 aliphatic carbocycles. The van der Waals surface area contributed by atoms with Gasteiger partial charge in [0.2, 0.25) is 5.95 Å². The first-order chi connectivity index (χ1) is 18.5. The quantitative estimate of drug-likeness (QED) is 0.283. The van der Waals surface area contributed by atoms with Crippen molar-refractivity contribution in [2.75, 3.05) is 11.9 Å². The summed E-state index contributed by atoms with van der Waals surface area (Å²) in [5.41, 5.74) is 2.83. The summed E-state index contributed by atoms with van der Waals surface area (Å²) in [6, 6.07) is 10.8. The zero-order chi connectivity index (χ0) is 26.6. The van der Waals surface area contributed by atoms with Gasteiger partial charge in [0.15, 0.2) is 11.5 Å². The number of allylic oxidation sites excluding steroid dienone is 1. The molecule has 1 aliphatic heterocycles. The summed E-state index contributed by atoms with van der Waals surface area (Å²) < 4.78 is 20.6. The SMILES string of the molecule is CCOc1cc(C2C(C(=O)OC3CCCCC3)=C(C)Nc3ncnn32)cc(Br)c1OCc1ccccc1Cl. The van der Waals surface area contributed by atoms with Crippen LogP contribution < -0.4 is 14.8 Å². The van der Waals surface area contributed by atoms with Crippen LogP contribution in [0.15, 0.2) is 58.5 Å². The third-order valence-corrected chi connectivity index (χ3v) is 7.78. The Morgan fingerprint density at radius 3 is 2.74 bits per heavy atom. The second kappa shape index (κ2) is 11.8. The number of carbonyl (C=O) groups is 1. The molecule has 2 heterocycles. The van der Waals surface area contributed by atoms with Crippen molar-refractivity contribution in [2.24, 2.45) is 0 Å². The van der Waals surface area contributed by atoms with E-state index in [4.69, 9.17) is 25.8 Å². The van der Waals surface area contributed by atoms with Crippen molar-refractivity contribution in [1.82, 2.24) is 14.8 Å². The van der Waals surface area contributed by atoms with E-state index in [1.165, 1.54) is 12.7 Å². The van der Waals surface area contributed by atoms with Crippen LogP contribution in [0.4, 0.5) is 5.95 Å². The van der Waals surface area contributed by atoms with E-state index in [9.17, 15) is 4.79 Å². The van der Waals surface area contributed by atoms with Gasteiger partial charge < -0.3 is 19.5 Å². The lowest BCUT2D eigenvalue weighted by molar-refractivity contribution is -0.146. The maximum Gasteiger partial charge on any atom is 0.338 e. The predicted octanol–water partition coefficient (Wildman–Crippen LogP) is 6.84. The Kier molecular flexibility index (Phi) is 8.24. The van der Waals surface area contributed by atoms with Gasteiger partial charge in [-0.15, -0.1) is 0 Å². The molecule has 0 saturated heterocycles. The molecule has 0 bridgehead atoms. The number of ether oxygens (including phenoxy) is 3. The van der Waals surface area contributed by atoms with Gasteiger partial charge in [0, 0.05) is 16.3 Å². The lowest BCUT2D eigenvalue weighted by atomic mass is 9.94. The Morgan fingerprint density at radius 2 is 1.97 bits per heavy atom. The number of fused-ring (bicyclic) bond motifs is 1. The number of benzene rings is 2. The van der Waals surface area contributed by atoms with Gasteiger partial charge in [-0.2, -0.15) is 10.1 Å². The van der Waals surface area contributed by atoms with Crippen LogP contribution in [-0.4, -0.2) is 33.4 Å². The third-order valence-electron chi connectivity index (χ3n) is 6.82. The van der Waals surface area contributed by atoms with Gasteiger partial charge >= 0.3 is 5.97 Å². The number of nitrogens with zero attached hydrogens (tertiary/aromatic N) is 3. The number of hydrogen-bond donors (Lipinski definition) is 1. The molecule has 1 aromatic heterocycles. The molecule has 3 aromatic rings. The van der Waals surface area contributed by atoms with E-state index in [0.29, 0.717) is 44.8 Å². The number of nitrogens with one attached hydrogen (secondary N) is 1. The van der Waals surface area contributed by atoms with Crippen LogP contribution in [0.3, 0.4) is 0 Å². The number of rotatable bonds is 8. The molecule has 2 aliphatic rings. The lowest BCUT2D eigenvalue weighted by Gasteiger charge is -2.30. The van der Waals surface area contributed by atoms with Crippen LogP contribution in [0, 0.1) is 0 Å². The highest BCUT2D eigenvalue weighted by Gasteiger charge is 2.36. The minimum absolute atomic E-state index is 0.0688. The number of anilines is 1. The van der Waals surface area contributed by atoms with Gasteiger partial charge in [-0.25, -0.2) is 9.48 Å².